The van der Waals surface area contributed by atoms with Gasteiger partial charge in [0.1, 0.15) is 12.4 Å². The summed E-state index contributed by atoms with van der Waals surface area (Å²) in [5.74, 6) is 7.31. The van der Waals surface area contributed by atoms with Crippen LogP contribution in [0.3, 0.4) is 0 Å². The summed E-state index contributed by atoms with van der Waals surface area (Å²) in [4.78, 5) is 1.17. The molecule has 0 bridgehead atoms. The highest BCUT2D eigenvalue weighted by molar-refractivity contribution is 7.10. The molecular formula is C17H19NOS. The first-order valence-electron chi connectivity index (χ1n) is 6.68. The summed E-state index contributed by atoms with van der Waals surface area (Å²) < 4.78 is 5.84. The van der Waals surface area contributed by atoms with E-state index in [2.05, 4.69) is 43.9 Å². The standard InChI is InChI=1S/C17H19NOS/c1-13(2)15-6-3-7-16(10-15)19-11-17-9-14(12-20-17)5-4-8-18/h3,6-7,9-10,12-13H,8,11,18H2,1-2H3. The Kier molecular flexibility index (Phi) is 5.23. The molecule has 0 atom stereocenters. The van der Waals surface area contributed by atoms with Gasteiger partial charge in [0, 0.05) is 15.8 Å². The first-order chi connectivity index (χ1) is 9.69. The van der Waals surface area contributed by atoms with E-state index in [-0.39, 0.29) is 0 Å². The summed E-state index contributed by atoms with van der Waals surface area (Å²) in [6, 6.07) is 10.3. The van der Waals surface area contributed by atoms with Crippen molar-refractivity contribution in [2.45, 2.75) is 26.4 Å². The lowest BCUT2D eigenvalue weighted by Crippen LogP contribution is -1.94. The van der Waals surface area contributed by atoms with Crippen LogP contribution in [0.15, 0.2) is 35.7 Å². The number of benzene rings is 1. The maximum atomic E-state index is 5.84. The summed E-state index contributed by atoms with van der Waals surface area (Å²) in [6.07, 6.45) is 0. The lowest BCUT2D eigenvalue weighted by Gasteiger charge is -2.09. The van der Waals surface area contributed by atoms with Gasteiger partial charge in [-0.1, -0.05) is 37.8 Å². The fourth-order valence-corrected chi connectivity index (χ4v) is 2.52. The second-order valence-corrected chi connectivity index (χ2v) is 5.82. The van der Waals surface area contributed by atoms with Crippen molar-refractivity contribution in [3.8, 4) is 17.6 Å². The third-order valence-corrected chi connectivity index (χ3v) is 3.80. The summed E-state index contributed by atoms with van der Waals surface area (Å²) in [7, 11) is 0. The van der Waals surface area contributed by atoms with E-state index in [1.54, 1.807) is 11.3 Å². The monoisotopic (exact) mass is 285 g/mol. The summed E-state index contributed by atoms with van der Waals surface area (Å²) in [5.41, 5.74) is 7.67. The highest BCUT2D eigenvalue weighted by atomic mass is 32.1. The van der Waals surface area contributed by atoms with E-state index in [9.17, 15) is 0 Å². The van der Waals surface area contributed by atoms with Gasteiger partial charge in [-0.15, -0.1) is 11.3 Å². The van der Waals surface area contributed by atoms with E-state index in [1.165, 1.54) is 10.4 Å². The second kappa shape index (κ2) is 7.14. The molecule has 0 unspecified atom stereocenters. The summed E-state index contributed by atoms with van der Waals surface area (Å²) >= 11 is 1.66. The Bertz CT molecular complexity index is 619. The third kappa shape index (κ3) is 4.12. The van der Waals surface area contributed by atoms with Gasteiger partial charge < -0.3 is 10.5 Å². The number of ether oxygens (including phenoxy) is 1. The minimum absolute atomic E-state index is 0.393. The van der Waals surface area contributed by atoms with Gasteiger partial charge in [-0.25, -0.2) is 0 Å². The predicted octanol–water partition coefficient (Wildman–Crippen LogP) is 3.76. The Morgan fingerprint density at radius 3 is 2.90 bits per heavy atom. The fraction of sp³-hybridized carbons (Fsp3) is 0.294. The van der Waals surface area contributed by atoms with Crippen LogP contribution in [0, 0.1) is 11.8 Å². The number of hydrogen-bond acceptors (Lipinski definition) is 3. The smallest absolute Gasteiger partial charge is 0.122 e. The van der Waals surface area contributed by atoms with Crippen molar-refractivity contribution in [3.63, 3.8) is 0 Å². The van der Waals surface area contributed by atoms with E-state index in [1.807, 2.05) is 17.5 Å². The molecule has 0 amide bonds. The van der Waals surface area contributed by atoms with E-state index in [4.69, 9.17) is 10.5 Å². The highest BCUT2D eigenvalue weighted by Gasteiger charge is 2.03. The number of rotatable bonds is 4. The Hall–Kier alpha value is -1.76. The van der Waals surface area contributed by atoms with E-state index < -0.39 is 0 Å². The quantitative estimate of drug-likeness (QED) is 0.868. The van der Waals surface area contributed by atoms with Crippen molar-refractivity contribution >= 4 is 11.3 Å². The number of hydrogen-bond donors (Lipinski definition) is 1. The molecule has 2 N–H and O–H groups in total. The second-order valence-electron chi connectivity index (χ2n) is 4.82. The van der Waals surface area contributed by atoms with Crippen LogP contribution < -0.4 is 10.5 Å². The molecule has 3 heteroatoms. The highest BCUT2D eigenvalue weighted by Crippen LogP contribution is 2.22. The van der Waals surface area contributed by atoms with Gasteiger partial charge in [-0.3, -0.25) is 0 Å². The Balaban J connectivity index is 1.98. The Labute approximate surface area is 124 Å². The van der Waals surface area contributed by atoms with Crippen LogP contribution >= 0.6 is 11.3 Å². The molecule has 1 heterocycles. The van der Waals surface area contributed by atoms with Crippen LogP contribution in [-0.4, -0.2) is 6.54 Å². The molecule has 0 fully saturated rings. The molecule has 1 aromatic heterocycles. The third-order valence-electron chi connectivity index (χ3n) is 2.89. The van der Waals surface area contributed by atoms with Crippen LogP contribution in [0.4, 0.5) is 0 Å². The van der Waals surface area contributed by atoms with Crippen molar-refractivity contribution in [3.05, 3.63) is 51.7 Å². The van der Waals surface area contributed by atoms with Gasteiger partial charge in [-0.2, -0.15) is 0 Å². The molecular weight excluding hydrogens is 266 g/mol. The topological polar surface area (TPSA) is 35.2 Å². The summed E-state index contributed by atoms with van der Waals surface area (Å²) in [6.45, 7) is 5.34. The number of thiophene rings is 1. The minimum atomic E-state index is 0.393. The van der Waals surface area contributed by atoms with Crippen molar-refractivity contribution in [1.29, 1.82) is 0 Å². The van der Waals surface area contributed by atoms with Gasteiger partial charge >= 0.3 is 0 Å². The first kappa shape index (κ1) is 14.6. The molecule has 0 saturated carbocycles. The van der Waals surface area contributed by atoms with E-state index in [0.29, 0.717) is 19.1 Å². The molecule has 2 nitrogen and oxygen atoms in total. The summed E-state index contributed by atoms with van der Waals surface area (Å²) in [5, 5.41) is 2.03. The number of nitrogens with two attached hydrogens (primary N) is 1. The van der Waals surface area contributed by atoms with Crippen LogP contribution in [0.25, 0.3) is 0 Å². The zero-order valence-electron chi connectivity index (χ0n) is 11.8. The van der Waals surface area contributed by atoms with Crippen molar-refractivity contribution < 1.29 is 4.74 Å². The molecule has 1 aromatic carbocycles. The minimum Gasteiger partial charge on any atom is -0.488 e. The molecule has 0 aliphatic heterocycles. The van der Waals surface area contributed by atoms with Crippen LogP contribution in [0.5, 0.6) is 5.75 Å². The Morgan fingerprint density at radius 1 is 1.30 bits per heavy atom. The van der Waals surface area contributed by atoms with Crippen molar-refractivity contribution in [2.24, 2.45) is 5.73 Å². The SMILES string of the molecule is CC(C)c1cccc(OCc2cc(C#CCN)cs2)c1. The van der Waals surface area contributed by atoms with Crippen LogP contribution in [0.2, 0.25) is 0 Å². The van der Waals surface area contributed by atoms with Crippen molar-refractivity contribution in [2.75, 3.05) is 6.54 Å². The zero-order valence-corrected chi connectivity index (χ0v) is 12.7. The molecule has 0 aliphatic rings. The van der Waals surface area contributed by atoms with Gasteiger partial charge in [-0.05, 0) is 29.7 Å². The van der Waals surface area contributed by atoms with E-state index >= 15 is 0 Å². The molecule has 0 radical (unpaired) electrons. The maximum Gasteiger partial charge on any atom is 0.122 e. The largest absolute Gasteiger partial charge is 0.488 e. The van der Waals surface area contributed by atoms with Crippen molar-refractivity contribution in [1.82, 2.24) is 0 Å². The lowest BCUT2D eigenvalue weighted by molar-refractivity contribution is 0.309. The lowest BCUT2D eigenvalue weighted by atomic mass is 10.0. The predicted molar refractivity (Wildman–Crippen MR) is 85.1 cm³/mol. The van der Waals surface area contributed by atoms with Gasteiger partial charge in [0.15, 0.2) is 0 Å². The average Bonchev–Trinajstić information content (AvgIpc) is 2.91. The Morgan fingerprint density at radius 2 is 2.15 bits per heavy atom. The van der Waals surface area contributed by atoms with Gasteiger partial charge in [0.2, 0.25) is 0 Å². The first-order valence-corrected chi connectivity index (χ1v) is 7.56. The fourth-order valence-electron chi connectivity index (χ4n) is 1.79. The molecule has 0 aliphatic carbocycles. The normalized spacial score (nSPS) is 10.2. The van der Waals surface area contributed by atoms with E-state index in [0.717, 1.165) is 11.3 Å². The molecule has 0 spiro atoms. The van der Waals surface area contributed by atoms with Crippen LogP contribution in [0.1, 0.15) is 35.8 Å². The average molecular weight is 285 g/mol. The molecule has 104 valence electrons. The van der Waals surface area contributed by atoms with Gasteiger partial charge in [0.05, 0.1) is 6.54 Å². The molecule has 0 saturated heterocycles. The molecule has 2 aromatic rings. The van der Waals surface area contributed by atoms with Gasteiger partial charge in [0.25, 0.3) is 0 Å². The molecule has 20 heavy (non-hydrogen) atoms. The zero-order chi connectivity index (χ0) is 14.4. The van der Waals surface area contributed by atoms with Crippen LogP contribution in [-0.2, 0) is 6.61 Å². The molecule has 2 rings (SSSR count). The maximum absolute atomic E-state index is 5.84.